The molecule has 0 aliphatic carbocycles. The SMILES string of the molecule is CC(C)OC(C)(F)C[N+](C)(C)C. The maximum absolute atomic E-state index is 13.6. The molecule has 0 aliphatic rings. The lowest BCUT2D eigenvalue weighted by Crippen LogP contribution is -2.47. The number of nitrogens with zero attached hydrogens (tertiary/aromatic N) is 1. The second kappa shape index (κ2) is 3.71. The standard InChI is InChI=1S/C9H21FNO/c1-8(2)12-9(3,10)7-11(4,5)6/h8H,7H2,1-6H3/q+1. The molecule has 0 spiro atoms. The lowest BCUT2D eigenvalue weighted by molar-refractivity contribution is -0.879. The predicted molar refractivity (Wildman–Crippen MR) is 48.6 cm³/mol. The lowest BCUT2D eigenvalue weighted by atomic mass is 10.3. The highest BCUT2D eigenvalue weighted by atomic mass is 19.2. The summed E-state index contributed by atoms with van der Waals surface area (Å²) in [7, 11) is 5.84. The van der Waals surface area contributed by atoms with Crippen molar-refractivity contribution < 1.29 is 13.6 Å². The van der Waals surface area contributed by atoms with Gasteiger partial charge in [0.2, 0.25) is 0 Å². The van der Waals surface area contributed by atoms with E-state index in [2.05, 4.69) is 0 Å². The Morgan fingerprint density at radius 3 is 2.00 bits per heavy atom. The van der Waals surface area contributed by atoms with Crippen molar-refractivity contribution in [2.24, 2.45) is 0 Å². The van der Waals surface area contributed by atoms with E-state index in [0.29, 0.717) is 11.0 Å². The van der Waals surface area contributed by atoms with Crippen LogP contribution in [-0.2, 0) is 4.74 Å². The van der Waals surface area contributed by atoms with Crippen molar-refractivity contribution in [3.05, 3.63) is 0 Å². The summed E-state index contributed by atoms with van der Waals surface area (Å²) in [5, 5.41) is 0. The zero-order valence-electron chi connectivity index (χ0n) is 9.02. The van der Waals surface area contributed by atoms with Crippen molar-refractivity contribution in [3.8, 4) is 0 Å². The lowest BCUT2D eigenvalue weighted by Gasteiger charge is -2.32. The zero-order valence-corrected chi connectivity index (χ0v) is 9.02. The molecule has 0 rings (SSSR count). The second-order valence-corrected chi connectivity index (χ2v) is 4.72. The largest absolute Gasteiger partial charge is 0.339 e. The molecule has 0 radical (unpaired) electrons. The predicted octanol–water partition coefficient (Wildman–Crippen LogP) is 1.80. The van der Waals surface area contributed by atoms with E-state index in [1.54, 1.807) is 0 Å². The molecule has 0 aromatic heterocycles. The van der Waals surface area contributed by atoms with Crippen LogP contribution >= 0.6 is 0 Å². The first-order valence-electron chi connectivity index (χ1n) is 4.29. The highest BCUT2D eigenvalue weighted by molar-refractivity contribution is 4.60. The molecule has 0 amide bonds. The first-order valence-corrected chi connectivity index (χ1v) is 4.29. The summed E-state index contributed by atoms with van der Waals surface area (Å²) in [6.45, 7) is 5.53. The van der Waals surface area contributed by atoms with Gasteiger partial charge in [-0.15, -0.1) is 0 Å². The van der Waals surface area contributed by atoms with Gasteiger partial charge in [0.15, 0.2) is 0 Å². The highest BCUT2D eigenvalue weighted by Gasteiger charge is 2.32. The number of quaternary nitrogens is 1. The Hall–Kier alpha value is -0.150. The van der Waals surface area contributed by atoms with Crippen molar-refractivity contribution in [1.29, 1.82) is 0 Å². The van der Waals surface area contributed by atoms with Crippen LogP contribution in [0.5, 0.6) is 0 Å². The Labute approximate surface area is 74.9 Å². The van der Waals surface area contributed by atoms with Gasteiger partial charge in [0.05, 0.1) is 27.2 Å². The minimum absolute atomic E-state index is 0.0634. The van der Waals surface area contributed by atoms with Gasteiger partial charge >= 0.3 is 0 Å². The molecule has 12 heavy (non-hydrogen) atoms. The third-order valence-corrected chi connectivity index (χ3v) is 1.24. The van der Waals surface area contributed by atoms with Gasteiger partial charge in [-0.25, -0.2) is 4.39 Å². The molecule has 74 valence electrons. The number of rotatable bonds is 4. The Morgan fingerprint density at radius 1 is 1.33 bits per heavy atom. The average Bonchev–Trinajstić information content (AvgIpc) is 1.48. The molecule has 0 heterocycles. The minimum atomic E-state index is -1.52. The molecule has 1 atom stereocenters. The summed E-state index contributed by atoms with van der Waals surface area (Å²) in [4.78, 5) is 0. The van der Waals surface area contributed by atoms with Gasteiger partial charge < -0.3 is 9.22 Å². The maximum Gasteiger partial charge on any atom is 0.256 e. The van der Waals surface area contributed by atoms with Gasteiger partial charge in [-0.05, 0) is 13.8 Å². The first-order chi connectivity index (χ1) is 5.12. The van der Waals surface area contributed by atoms with Crippen LogP contribution in [-0.4, -0.2) is 44.1 Å². The second-order valence-electron chi connectivity index (χ2n) is 4.72. The monoisotopic (exact) mass is 178 g/mol. The third-order valence-electron chi connectivity index (χ3n) is 1.24. The van der Waals surface area contributed by atoms with E-state index in [0.717, 1.165) is 0 Å². The molecule has 0 saturated heterocycles. The molecule has 2 nitrogen and oxygen atoms in total. The van der Waals surface area contributed by atoms with E-state index in [-0.39, 0.29) is 6.10 Å². The summed E-state index contributed by atoms with van der Waals surface area (Å²) >= 11 is 0. The number of alkyl halides is 1. The fourth-order valence-electron chi connectivity index (χ4n) is 1.38. The number of hydrogen-bond donors (Lipinski definition) is 0. The van der Waals surface area contributed by atoms with E-state index in [4.69, 9.17) is 4.74 Å². The third kappa shape index (κ3) is 6.55. The van der Waals surface area contributed by atoms with Crippen LogP contribution in [0.15, 0.2) is 0 Å². The molecule has 3 heteroatoms. The first kappa shape index (κ1) is 11.8. The number of ether oxygens (including phenoxy) is 1. The van der Waals surface area contributed by atoms with Crippen LogP contribution in [0.2, 0.25) is 0 Å². The van der Waals surface area contributed by atoms with Crippen molar-refractivity contribution in [2.45, 2.75) is 32.7 Å². The number of likely N-dealkylation sites (N-methyl/N-ethyl adjacent to an activating group) is 1. The molecule has 0 aliphatic heterocycles. The van der Waals surface area contributed by atoms with Gasteiger partial charge in [0.1, 0.15) is 6.54 Å². The van der Waals surface area contributed by atoms with Crippen molar-refractivity contribution in [3.63, 3.8) is 0 Å². The zero-order chi connectivity index (χ0) is 9.99. The molecule has 0 bridgehead atoms. The number of hydrogen-bond acceptors (Lipinski definition) is 1. The molecular formula is C9H21FNO+. The van der Waals surface area contributed by atoms with Gasteiger partial charge in [-0.3, -0.25) is 0 Å². The van der Waals surface area contributed by atoms with Crippen LogP contribution in [0.1, 0.15) is 20.8 Å². The molecule has 0 saturated carbocycles. The van der Waals surface area contributed by atoms with Gasteiger partial charge in [-0.1, -0.05) is 0 Å². The Morgan fingerprint density at radius 2 is 1.75 bits per heavy atom. The summed E-state index contributed by atoms with van der Waals surface area (Å²) in [6.07, 6.45) is -0.0634. The Kier molecular flexibility index (Phi) is 3.66. The van der Waals surface area contributed by atoms with Crippen LogP contribution < -0.4 is 0 Å². The van der Waals surface area contributed by atoms with Crippen LogP contribution in [0, 0.1) is 0 Å². The Balaban J connectivity index is 4.04. The molecule has 0 aromatic carbocycles. The fourth-order valence-corrected chi connectivity index (χ4v) is 1.38. The quantitative estimate of drug-likeness (QED) is 0.596. The molecular weight excluding hydrogens is 157 g/mol. The van der Waals surface area contributed by atoms with E-state index < -0.39 is 5.85 Å². The normalized spacial score (nSPS) is 18.0. The van der Waals surface area contributed by atoms with E-state index in [1.165, 1.54) is 6.92 Å². The minimum Gasteiger partial charge on any atom is -0.339 e. The molecule has 0 fully saturated rings. The average molecular weight is 178 g/mol. The highest BCUT2D eigenvalue weighted by Crippen LogP contribution is 2.17. The molecule has 1 unspecified atom stereocenters. The van der Waals surface area contributed by atoms with E-state index >= 15 is 0 Å². The van der Waals surface area contributed by atoms with Crippen LogP contribution in [0.4, 0.5) is 4.39 Å². The molecule has 0 aromatic rings. The summed E-state index contributed by atoms with van der Waals surface area (Å²) in [6, 6.07) is 0. The van der Waals surface area contributed by atoms with E-state index in [9.17, 15) is 4.39 Å². The summed E-state index contributed by atoms with van der Waals surface area (Å²) < 4.78 is 19.3. The van der Waals surface area contributed by atoms with Gasteiger partial charge in [-0.2, -0.15) is 0 Å². The topological polar surface area (TPSA) is 9.23 Å². The summed E-state index contributed by atoms with van der Waals surface area (Å²) in [5.74, 6) is -1.52. The van der Waals surface area contributed by atoms with Crippen molar-refractivity contribution in [1.82, 2.24) is 0 Å². The van der Waals surface area contributed by atoms with Crippen LogP contribution in [0.25, 0.3) is 0 Å². The maximum atomic E-state index is 13.6. The summed E-state index contributed by atoms with van der Waals surface area (Å²) in [5.41, 5.74) is 0. The van der Waals surface area contributed by atoms with Crippen LogP contribution in [0.3, 0.4) is 0 Å². The fraction of sp³-hybridized carbons (Fsp3) is 1.00. The van der Waals surface area contributed by atoms with Crippen molar-refractivity contribution >= 4 is 0 Å². The van der Waals surface area contributed by atoms with Crippen molar-refractivity contribution in [2.75, 3.05) is 27.7 Å². The number of halogens is 1. The smallest absolute Gasteiger partial charge is 0.256 e. The van der Waals surface area contributed by atoms with E-state index in [1.807, 2.05) is 35.0 Å². The van der Waals surface area contributed by atoms with Gasteiger partial charge in [0, 0.05) is 6.92 Å². The molecule has 0 N–H and O–H groups in total. The Bertz CT molecular complexity index is 138. The van der Waals surface area contributed by atoms with Gasteiger partial charge in [0.25, 0.3) is 5.85 Å².